The summed E-state index contributed by atoms with van der Waals surface area (Å²) >= 11 is 1.23. The number of benzene rings is 2. The SMILES string of the molecule is O=C(C1CCN(S(=O)(=O)c2cccs2)CC1)N(Cc1ccccc1)c1ccccc1. The Labute approximate surface area is 181 Å². The molecule has 7 heteroatoms. The zero-order valence-electron chi connectivity index (χ0n) is 16.6. The summed E-state index contributed by atoms with van der Waals surface area (Å²) < 4.78 is 27.4. The Morgan fingerprint density at radius 3 is 2.17 bits per heavy atom. The second-order valence-corrected chi connectivity index (χ2v) is 10.5. The fourth-order valence-electron chi connectivity index (χ4n) is 3.77. The van der Waals surface area contributed by atoms with Crippen LogP contribution in [0.5, 0.6) is 0 Å². The molecule has 2 heterocycles. The highest BCUT2D eigenvalue weighted by atomic mass is 32.2. The molecule has 0 N–H and O–H groups in total. The van der Waals surface area contributed by atoms with Crippen molar-refractivity contribution in [3.8, 4) is 0 Å². The van der Waals surface area contributed by atoms with E-state index in [1.807, 2.05) is 65.6 Å². The summed E-state index contributed by atoms with van der Waals surface area (Å²) in [5, 5.41) is 1.77. The van der Waals surface area contributed by atoms with E-state index in [9.17, 15) is 13.2 Å². The lowest BCUT2D eigenvalue weighted by Gasteiger charge is -2.33. The maximum absolute atomic E-state index is 13.4. The van der Waals surface area contributed by atoms with Crippen molar-refractivity contribution >= 4 is 33.0 Å². The zero-order valence-corrected chi connectivity index (χ0v) is 18.2. The van der Waals surface area contributed by atoms with Gasteiger partial charge in [-0.2, -0.15) is 4.31 Å². The van der Waals surface area contributed by atoms with Crippen LogP contribution >= 0.6 is 11.3 Å². The van der Waals surface area contributed by atoms with Crippen LogP contribution in [0.25, 0.3) is 0 Å². The van der Waals surface area contributed by atoms with Gasteiger partial charge in [-0.05, 0) is 42.0 Å². The summed E-state index contributed by atoms with van der Waals surface area (Å²) in [5.41, 5.74) is 1.92. The average molecular weight is 441 g/mol. The number of hydrogen-bond donors (Lipinski definition) is 0. The van der Waals surface area contributed by atoms with E-state index in [0.29, 0.717) is 36.7 Å². The Bertz CT molecular complexity index is 1060. The molecule has 30 heavy (non-hydrogen) atoms. The van der Waals surface area contributed by atoms with Gasteiger partial charge >= 0.3 is 0 Å². The van der Waals surface area contributed by atoms with E-state index < -0.39 is 10.0 Å². The largest absolute Gasteiger partial charge is 0.308 e. The zero-order chi connectivity index (χ0) is 21.0. The number of nitrogens with zero attached hydrogens (tertiary/aromatic N) is 2. The molecule has 1 aliphatic heterocycles. The van der Waals surface area contributed by atoms with E-state index in [1.165, 1.54) is 15.6 Å². The number of rotatable bonds is 6. The molecule has 1 saturated heterocycles. The van der Waals surface area contributed by atoms with E-state index in [2.05, 4.69) is 0 Å². The molecule has 0 spiro atoms. The van der Waals surface area contributed by atoms with Crippen molar-refractivity contribution in [1.29, 1.82) is 0 Å². The first-order valence-corrected chi connectivity index (χ1v) is 12.3. The highest BCUT2D eigenvalue weighted by molar-refractivity contribution is 7.91. The summed E-state index contributed by atoms with van der Waals surface area (Å²) in [6.45, 7) is 1.23. The highest BCUT2D eigenvalue weighted by Gasteiger charge is 2.34. The minimum atomic E-state index is -3.46. The van der Waals surface area contributed by atoms with E-state index in [4.69, 9.17) is 0 Å². The summed E-state index contributed by atoms with van der Waals surface area (Å²) in [5.74, 6) is -0.137. The fourth-order valence-corrected chi connectivity index (χ4v) is 6.39. The van der Waals surface area contributed by atoms with Crippen LogP contribution in [-0.2, 0) is 21.4 Å². The lowest BCUT2D eigenvalue weighted by atomic mass is 9.96. The van der Waals surface area contributed by atoms with Crippen LogP contribution in [0.3, 0.4) is 0 Å². The number of anilines is 1. The number of hydrogen-bond acceptors (Lipinski definition) is 4. The van der Waals surface area contributed by atoms with Crippen molar-refractivity contribution in [2.75, 3.05) is 18.0 Å². The average Bonchev–Trinajstić information content (AvgIpc) is 3.34. The maximum Gasteiger partial charge on any atom is 0.252 e. The van der Waals surface area contributed by atoms with Crippen LogP contribution in [0.1, 0.15) is 18.4 Å². The predicted octanol–water partition coefficient (Wildman–Crippen LogP) is 4.38. The second kappa shape index (κ2) is 9.12. The molecule has 0 bridgehead atoms. The van der Waals surface area contributed by atoms with Gasteiger partial charge < -0.3 is 4.90 Å². The van der Waals surface area contributed by atoms with Crippen molar-refractivity contribution in [2.45, 2.75) is 23.6 Å². The molecule has 0 atom stereocenters. The second-order valence-electron chi connectivity index (χ2n) is 7.36. The number of carbonyl (C=O) groups excluding carboxylic acids is 1. The van der Waals surface area contributed by atoms with Gasteiger partial charge in [0, 0.05) is 24.7 Å². The summed E-state index contributed by atoms with van der Waals surface area (Å²) in [6.07, 6.45) is 1.06. The van der Waals surface area contributed by atoms with Crippen molar-refractivity contribution in [1.82, 2.24) is 4.31 Å². The third kappa shape index (κ3) is 4.48. The van der Waals surface area contributed by atoms with Crippen LogP contribution in [-0.4, -0.2) is 31.7 Å². The Morgan fingerprint density at radius 1 is 0.933 bits per heavy atom. The van der Waals surface area contributed by atoms with Crippen molar-refractivity contribution in [3.05, 3.63) is 83.7 Å². The number of piperidine rings is 1. The van der Waals surface area contributed by atoms with E-state index in [1.54, 1.807) is 17.5 Å². The van der Waals surface area contributed by atoms with Crippen molar-refractivity contribution in [2.24, 2.45) is 5.92 Å². The van der Waals surface area contributed by atoms with Crippen LogP contribution < -0.4 is 4.90 Å². The van der Waals surface area contributed by atoms with Gasteiger partial charge in [-0.3, -0.25) is 4.79 Å². The Kier molecular flexibility index (Phi) is 6.32. The third-order valence-electron chi connectivity index (χ3n) is 5.41. The van der Waals surface area contributed by atoms with Crippen molar-refractivity contribution < 1.29 is 13.2 Å². The summed E-state index contributed by atoms with van der Waals surface area (Å²) in [7, 11) is -3.46. The first kappa shape index (κ1) is 20.8. The maximum atomic E-state index is 13.4. The van der Waals surface area contributed by atoms with Gasteiger partial charge in [0.1, 0.15) is 4.21 Å². The highest BCUT2D eigenvalue weighted by Crippen LogP contribution is 2.29. The van der Waals surface area contributed by atoms with E-state index in [-0.39, 0.29) is 11.8 Å². The Balaban J connectivity index is 1.49. The van der Waals surface area contributed by atoms with Gasteiger partial charge in [-0.15, -0.1) is 11.3 Å². The molecular weight excluding hydrogens is 416 g/mol. The first-order chi connectivity index (χ1) is 14.6. The summed E-state index contributed by atoms with van der Waals surface area (Å²) in [6, 6.07) is 23.0. The molecule has 156 valence electrons. The molecule has 0 saturated carbocycles. The monoisotopic (exact) mass is 440 g/mol. The van der Waals surface area contributed by atoms with Gasteiger partial charge in [-0.25, -0.2) is 8.42 Å². The fraction of sp³-hybridized carbons (Fsp3) is 0.261. The molecule has 2 aromatic carbocycles. The number of sulfonamides is 1. The van der Waals surface area contributed by atoms with Crippen LogP contribution in [0.4, 0.5) is 5.69 Å². The molecule has 1 amide bonds. The predicted molar refractivity (Wildman–Crippen MR) is 120 cm³/mol. The molecule has 3 aromatic rings. The Hall–Kier alpha value is -2.48. The third-order valence-corrected chi connectivity index (χ3v) is 8.68. The minimum absolute atomic E-state index is 0.0539. The van der Waals surface area contributed by atoms with E-state index >= 15 is 0 Å². The standard InChI is InChI=1S/C23H24N2O3S2/c26-23(20-13-15-24(16-14-20)30(27,28)22-12-7-17-29-22)25(21-10-5-2-6-11-21)18-19-8-3-1-4-9-19/h1-12,17,20H,13-16,18H2. The molecule has 0 radical (unpaired) electrons. The molecule has 1 aromatic heterocycles. The van der Waals surface area contributed by atoms with Crippen LogP contribution in [0, 0.1) is 5.92 Å². The van der Waals surface area contributed by atoms with Gasteiger partial charge in [0.05, 0.1) is 6.54 Å². The lowest BCUT2D eigenvalue weighted by Crippen LogP contribution is -2.44. The number of thiophene rings is 1. The number of para-hydroxylation sites is 1. The molecular formula is C23H24N2O3S2. The lowest BCUT2D eigenvalue weighted by molar-refractivity contribution is -0.123. The van der Waals surface area contributed by atoms with E-state index in [0.717, 1.165) is 11.3 Å². The minimum Gasteiger partial charge on any atom is -0.308 e. The van der Waals surface area contributed by atoms with Gasteiger partial charge in [0.2, 0.25) is 5.91 Å². The molecule has 1 fully saturated rings. The number of amides is 1. The number of carbonyl (C=O) groups is 1. The van der Waals surface area contributed by atoms with Crippen LogP contribution in [0.15, 0.2) is 82.4 Å². The molecule has 0 unspecified atom stereocenters. The smallest absolute Gasteiger partial charge is 0.252 e. The van der Waals surface area contributed by atoms with Gasteiger partial charge in [0.25, 0.3) is 10.0 Å². The molecule has 0 aliphatic carbocycles. The van der Waals surface area contributed by atoms with Gasteiger partial charge in [-0.1, -0.05) is 54.6 Å². The quantitative estimate of drug-likeness (QED) is 0.571. The first-order valence-electron chi connectivity index (χ1n) is 10.00. The molecule has 5 nitrogen and oxygen atoms in total. The van der Waals surface area contributed by atoms with Crippen molar-refractivity contribution in [3.63, 3.8) is 0 Å². The normalized spacial score (nSPS) is 15.7. The van der Waals surface area contributed by atoms with Gasteiger partial charge in [0.15, 0.2) is 0 Å². The molecule has 4 rings (SSSR count). The molecule has 1 aliphatic rings. The summed E-state index contributed by atoms with van der Waals surface area (Å²) in [4.78, 5) is 15.3. The Morgan fingerprint density at radius 2 is 1.57 bits per heavy atom. The van der Waals surface area contributed by atoms with Crippen LogP contribution in [0.2, 0.25) is 0 Å². The topological polar surface area (TPSA) is 57.7 Å².